The van der Waals surface area contributed by atoms with Gasteiger partial charge < -0.3 is 5.32 Å². The summed E-state index contributed by atoms with van der Waals surface area (Å²) in [4.78, 5) is 2.57. The monoisotopic (exact) mass is 316 g/mol. The maximum atomic E-state index is 11.4. The highest BCUT2D eigenvalue weighted by molar-refractivity contribution is 7.90. The van der Waals surface area contributed by atoms with E-state index in [-0.39, 0.29) is 11.0 Å². The molecule has 1 aliphatic heterocycles. The van der Waals surface area contributed by atoms with Gasteiger partial charge in [-0.15, -0.1) is 0 Å². The molecule has 4 nitrogen and oxygen atoms in total. The summed E-state index contributed by atoms with van der Waals surface area (Å²) < 4.78 is 22.7. The van der Waals surface area contributed by atoms with Crippen molar-refractivity contribution < 1.29 is 8.42 Å². The van der Waals surface area contributed by atoms with E-state index in [1.54, 1.807) is 0 Å². The van der Waals surface area contributed by atoms with Gasteiger partial charge in [0.15, 0.2) is 0 Å². The third-order valence-corrected chi connectivity index (χ3v) is 6.31. The molecule has 0 aromatic rings. The predicted octanol–water partition coefficient (Wildman–Crippen LogP) is 1.91. The van der Waals surface area contributed by atoms with Gasteiger partial charge in [-0.25, -0.2) is 8.42 Å². The topological polar surface area (TPSA) is 49.4 Å². The zero-order valence-corrected chi connectivity index (χ0v) is 15.1. The smallest absolute Gasteiger partial charge is 0.147 e. The first-order valence-electron chi connectivity index (χ1n) is 8.18. The molecule has 21 heavy (non-hydrogen) atoms. The minimum atomic E-state index is -2.85. The lowest BCUT2D eigenvalue weighted by atomic mass is 9.81. The molecule has 5 heteroatoms. The Balaban J connectivity index is 2.03. The van der Waals surface area contributed by atoms with Gasteiger partial charge >= 0.3 is 0 Å². The third-order valence-electron chi connectivity index (χ3n) is 5.28. The van der Waals surface area contributed by atoms with Gasteiger partial charge in [0, 0.05) is 30.9 Å². The summed E-state index contributed by atoms with van der Waals surface area (Å²) in [5.41, 5.74) is 0.444. The molecule has 124 valence electrons. The number of piperazine rings is 1. The molecule has 2 rings (SSSR count). The number of nitrogens with zero attached hydrogens (tertiary/aromatic N) is 1. The van der Waals surface area contributed by atoms with Crippen molar-refractivity contribution in [1.82, 2.24) is 10.2 Å². The first-order chi connectivity index (χ1) is 9.52. The van der Waals surface area contributed by atoms with Crippen LogP contribution in [0.25, 0.3) is 0 Å². The van der Waals surface area contributed by atoms with E-state index in [9.17, 15) is 8.42 Å². The SMILES string of the molecule is CC(C)(C)C1CN(CCCS(C)(=O)=O)C(C)(C2CC2)CN1. The molecule has 2 atom stereocenters. The van der Waals surface area contributed by atoms with E-state index in [2.05, 4.69) is 37.9 Å². The van der Waals surface area contributed by atoms with Crippen molar-refractivity contribution in [2.75, 3.05) is 31.6 Å². The van der Waals surface area contributed by atoms with Crippen LogP contribution < -0.4 is 5.32 Å². The molecule has 1 heterocycles. The standard InChI is InChI=1S/C16H32N2O2S/c1-15(2,3)14-11-18(9-6-10-21(5,19)20)16(4,12-17-14)13-7-8-13/h13-14,17H,6-12H2,1-5H3. The van der Waals surface area contributed by atoms with E-state index >= 15 is 0 Å². The second kappa shape index (κ2) is 5.82. The lowest BCUT2D eigenvalue weighted by molar-refractivity contribution is 0.0108. The van der Waals surface area contributed by atoms with Crippen molar-refractivity contribution in [1.29, 1.82) is 0 Å². The van der Waals surface area contributed by atoms with Crippen LogP contribution in [0.1, 0.15) is 47.0 Å². The molecular weight excluding hydrogens is 284 g/mol. The minimum absolute atomic E-state index is 0.208. The fourth-order valence-electron chi connectivity index (χ4n) is 3.49. The van der Waals surface area contributed by atoms with Crippen molar-refractivity contribution in [2.45, 2.75) is 58.5 Å². The Labute approximate surface area is 130 Å². The number of sulfone groups is 1. The molecule has 2 unspecified atom stereocenters. The van der Waals surface area contributed by atoms with E-state index < -0.39 is 9.84 Å². The van der Waals surface area contributed by atoms with Gasteiger partial charge in [0.1, 0.15) is 9.84 Å². The summed E-state index contributed by atoms with van der Waals surface area (Å²) in [6.07, 6.45) is 4.72. The van der Waals surface area contributed by atoms with Crippen LogP contribution in [0.2, 0.25) is 0 Å². The van der Waals surface area contributed by atoms with Crippen LogP contribution >= 0.6 is 0 Å². The van der Waals surface area contributed by atoms with Crippen LogP contribution in [-0.2, 0) is 9.84 Å². The molecular formula is C16H32N2O2S. The Morgan fingerprint density at radius 2 is 1.90 bits per heavy atom. The minimum Gasteiger partial charge on any atom is -0.310 e. The van der Waals surface area contributed by atoms with Crippen LogP contribution in [0.3, 0.4) is 0 Å². The zero-order chi connectivity index (χ0) is 15.9. The van der Waals surface area contributed by atoms with Gasteiger partial charge in [-0.05, 0) is 44.1 Å². The Morgan fingerprint density at radius 3 is 2.38 bits per heavy atom. The predicted molar refractivity (Wildman–Crippen MR) is 88.3 cm³/mol. The molecule has 0 aromatic carbocycles. The lowest BCUT2D eigenvalue weighted by Gasteiger charge is -2.51. The van der Waals surface area contributed by atoms with Crippen molar-refractivity contribution >= 4 is 9.84 Å². The number of nitrogens with one attached hydrogen (secondary N) is 1. The van der Waals surface area contributed by atoms with Crippen molar-refractivity contribution in [3.05, 3.63) is 0 Å². The maximum absolute atomic E-state index is 11.4. The fourth-order valence-corrected chi connectivity index (χ4v) is 4.14. The van der Waals surface area contributed by atoms with E-state index in [0.717, 1.165) is 32.0 Å². The Bertz CT molecular complexity index is 465. The fraction of sp³-hybridized carbons (Fsp3) is 1.00. The number of rotatable bonds is 5. The highest BCUT2D eigenvalue weighted by Crippen LogP contribution is 2.44. The van der Waals surface area contributed by atoms with Gasteiger partial charge in [-0.1, -0.05) is 20.8 Å². The quantitative estimate of drug-likeness (QED) is 0.842. The molecule has 2 fully saturated rings. The number of hydrogen-bond acceptors (Lipinski definition) is 4. The Hall–Kier alpha value is -0.130. The third kappa shape index (κ3) is 4.42. The largest absolute Gasteiger partial charge is 0.310 e. The molecule has 1 N–H and O–H groups in total. The lowest BCUT2D eigenvalue weighted by Crippen LogP contribution is -2.67. The van der Waals surface area contributed by atoms with Crippen LogP contribution in [0.5, 0.6) is 0 Å². The Morgan fingerprint density at radius 1 is 1.29 bits per heavy atom. The molecule has 0 amide bonds. The van der Waals surface area contributed by atoms with Gasteiger partial charge in [-0.2, -0.15) is 0 Å². The van der Waals surface area contributed by atoms with E-state index in [0.29, 0.717) is 11.8 Å². The van der Waals surface area contributed by atoms with Crippen molar-refractivity contribution in [3.8, 4) is 0 Å². The second-order valence-corrected chi connectivity index (χ2v) is 10.6. The molecule has 0 bridgehead atoms. The maximum Gasteiger partial charge on any atom is 0.147 e. The normalized spacial score (nSPS) is 32.3. The zero-order valence-electron chi connectivity index (χ0n) is 14.3. The molecule has 0 aromatic heterocycles. The average molecular weight is 317 g/mol. The van der Waals surface area contributed by atoms with Crippen molar-refractivity contribution in [3.63, 3.8) is 0 Å². The number of hydrogen-bond donors (Lipinski definition) is 1. The van der Waals surface area contributed by atoms with Crippen LogP contribution in [-0.4, -0.2) is 56.5 Å². The van der Waals surface area contributed by atoms with Gasteiger partial charge in [0.05, 0.1) is 5.75 Å². The van der Waals surface area contributed by atoms with Crippen LogP contribution in [0, 0.1) is 11.3 Å². The highest BCUT2D eigenvalue weighted by atomic mass is 32.2. The van der Waals surface area contributed by atoms with Gasteiger partial charge in [-0.3, -0.25) is 4.90 Å². The molecule has 0 radical (unpaired) electrons. The summed E-state index contributed by atoms with van der Waals surface area (Å²) >= 11 is 0. The molecule has 1 saturated heterocycles. The van der Waals surface area contributed by atoms with E-state index in [4.69, 9.17) is 0 Å². The molecule has 1 aliphatic carbocycles. The summed E-state index contributed by atoms with van der Waals surface area (Å²) in [6, 6.07) is 0.475. The summed E-state index contributed by atoms with van der Waals surface area (Å²) in [5, 5.41) is 3.75. The van der Waals surface area contributed by atoms with Crippen LogP contribution in [0.15, 0.2) is 0 Å². The highest BCUT2D eigenvalue weighted by Gasteiger charge is 2.49. The molecule has 2 aliphatic rings. The van der Waals surface area contributed by atoms with Gasteiger partial charge in [0.25, 0.3) is 0 Å². The second-order valence-electron chi connectivity index (χ2n) is 8.36. The first-order valence-corrected chi connectivity index (χ1v) is 10.2. The summed E-state index contributed by atoms with van der Waals surface area (Å²) in [7, 11) is -2.85. The van der Waals surface area contributed by atoms with Gasteiger partial charge in [0.2, 0.25) is 0 Å². The summed E-state index contributed by atoms with van der Waals surface area (Å²) in [5.74, 6) is 1.09. The van der Waals surface area contributed by atoms with E-state index in [1.165, 1.54) is 19.1 Å². The Kier molecular flexibility index (Phi) is 4.77. The molecule has 1 saturated carbocycles. The first kappa shape index (κ1) is 17.2. The molecule has 0 spiro atoms. The summed E-state index contributed by atoms with van der Waals surface area (Å²) in [6.45, 7) is 12.1. The van der Waals surface area contributed by atoms with Crippen molar-refractivity contribution in [2.24, 2.45) is 11.3 Å². The van der Waals surface area contributed by atoms with E-state index in [1.807, 2.05) is 0 Å². The average Bonchev–Trinajstić information content (AvgIpc) is 3.12. The van der Waals surface area contributed by atoms with Crippen LogP contribution in [0.4, 0.5) is 0 Å².